The van der Waals surface area contributed by atoms with E-state index in [1.54, 1.807) is 12.1 Å². The van der Waals surface area contributed by atoms with Crippen molar-refractivity contribution < 1.29 is 4.39 Å². The zero-order valence-corrected chi connectivity index (χ0v) is 19.0. The largest absolute Gasteiger partial charge is 0.324 e. The minimum absolute atomic E-state index is 0. The number of nitrogens with zero attached hydrogens (tertiary/aromatic N) is 3. The first-order valence-corrected chi connectivity index (χ1v) is 10.6. The highest BCUT2D eigenvalue weighted by atomic mass is 35.5. The van der Waals surface area contributed by atoms with Gasteiger partial charge in [0.25, 0.3) is 0 Å². The van der Waals surface area contributed by atoms with Crippen LogP contribution >= 0.6 is 36.2 Å². The summed E-state index contributed by atoms with van der Waals surface area (Å²) >= 11 is 11.9. The normalized spacial score (nSPS) is 21.1. The Kier molecular flexibility index (Phi) is 5.79. The average molecular weight is 465 g/mol. The van der Waals surface area contributed by atoms with Gasteiger partial charge in [-0.05, 0) is 54.5 Å². The lowest BCUT2D eigenvalue weighted by atomic mass is 9.93. The molecule has 2 aromatic heterocycles. The van der Waals surface area contributed by atoms with Gasteiger partial charge in [0.2, 0.25) is 0 Å². The van der Waals surface area contributed by atoms with Gasteiger partial charge in [-0.15, -0.1) is 12.4 Å². The summed E-state index contributed by atoms with van der Waals surface area (Å²) in [5, 5.41) is 4.05. The Morgan fingerprint density at radius 2 is 2.17 bits per heavy atom. The number of halogens is 3. The van der Waals surface area contributed by atoms with E-state index >= 15 is 0 Å². The molecule has 1 aliphatic heterocycles. The number of hydrogen-bond donors (Lipinski definition) is 1. The number of benzene rings is 1. The molecular weight excluding hydrogens is 442 g/mol. The molecular formula is C22H23Cl2FN4S. The molecule has 1 N–H and O–H groups in total. The van der Waals surface area contributed by atoms with Crippen molar-refractivity contribution in [1.82, 2.24) is 19.4 Å². The van der Waals surface area contributed by atoms with Crippen LogP contribution in [-0.4, -0.2) is 20.7 Å². The summed E-state index contributed by atoms with van der Waals surface area (Å²) in [7, 11) is 2.03. The van der Waals surface area contributed by atoms with Gasteiger partial charge < -0.3 is 14.5 Å². The molecule has 30 heavy (non-hydrogen) atoms. The summed E-state index contributed by atoms with van der Waals surface area (Å²) in [5.41, 5.74) is 4.09. The second-order valence-electron chi connectivity index (χ2n) is 8.04. The molecule has 3 aromatic rings. The summed E-state index contributed by atoms with van der Waals surface area (Å²) in [6, 6.07) is 10.8. The highest BCUT2D eigenvalue weighted by molar-refractivity contribution is 7.71. The van der Waals surface area contributed by atoms with E-state index in [1.807, 2.05) is 31.4 Å². The fourth-order valence-electron chi connectivity index (χ4n) is 4.87. The molecule has 8 heteroatoms. The number of fused-ring (bicyclic) bond motifs is 3. The molecule has 0 spiro atoms. The Balaban J connectivity index is 0.00000218. The molecule has 158 valence electrons. The summed E-state index contributed by atoms with van der Waals surface area (Å²) in [4.78, 5) is 4.34. The van der Waals surface area contributed by atoms with Crippen LogP contribution in [0.3, 0.4) is 0 Å². The van der Waals surface area contributed by atoms with Gasteiger partial charge in [0.05, 0.1) is 5.69 Å². The standard InChI is InChI=1S/C22H22ClFN4S.ClH/c1-27-19(7-9-25-12-15-4-2-3-8-26-15)20-17-11-22(17,13-28(20)21(27)29)16-10-14(23)5-6-18(16)24;/h2-6,8,10,17,25H,7,9,11-13H2,1H3;1H/t17-,22+;/m0./s1. The molecule has 1 saturated carbocycles. The molecule has 1 aliphatic carbocycles. The lowest BCUT2D eigenvalue weighted by Gasteiger charge is -2.15. The van der Waals surface area contributed by atoms with Crippen molar-refractivity contribution in [2.45, 2.75) is 37.3 Å². The topological polar surface area (TPSA) is 34.8 Å². The zero-order chi connectivity index (χ0) is 20.2. The van der Waals surface area contributed by atoms with Gasteiger partial charge in [-0.3, -0.25) is 4.98 Å². The van der Waals surface area contributed by atoms with Crippen molar-refractivity contribution in [2.75, 3.05) is 6.54 Å². The maximum atomic E-state index is 14.6. The molecule has 0 amide bonds. The SMILES string of the molecule is Cl.Cn1c(CCNCc2ccccn2)c2n(c1=S)C[C@@]1(c3cc(Cl)ccc3F)C[C@@H]21. The van der Waals surface area contributed by atoms with Crippen molar-refractivity contribution in [3.63, 3.8) is 0 Å². The second kappa shape index (κ2) is 8.08. The van der Waals surface area contributed by atoms with Gasteiger partial charge in [-0.25, -0.2) is 4.39 Å². The van der Waals surface area contributed by atoms with Gasteiger partial charge in [0.15, 0.2) is 4.77 Å². The third-order valence-electron chi connectivity index (χ3n) is 6.39. The minimum Gasteiger partial charge on any atom is -0.324 e. The van der Waals surface area contributed by atoms with E-state index in [9.17, 15) is 4.39 Å². The van der Waals surface area contributed by atoms with E-state index in [0.717, 1.165) is 48.5 Å². The molecule has 2 aliphatic rings. The Morgan fingerprint density at radius 1 is 1.33 bits per heavy atom. The molecule has 0 bridgehead atoms. The van der Waals surface area contributed by atoms with Crippen LogP contribution < -0.4 is 5.32 Å². The molecule has 5 rings (SSSR count). The molecule has 0 radical (unpaired) electrons. The predicted molar refractivity (Wildman–Crippen MR) is 122 cm³/mol. The number of aromatic nitrogens is 3. The van der Waals surface area contributed by atoms with Gasteiger partial charge >= 0.3 is 0 Å². The van der Waals surface area contributed by atoms with Gasteiger partial charge in [0, 0.05) is 67.0 Å². The molecule has 1 fully saturated rings. The maximum absolute atomic E-state index is 14.6. The van der Waals surface area contributed by atoms with E-state index in [1.165, 1.54) is 17.5 Å². The van der Waals surface area contributed by atoms with Crippen LogP contribution in [0.15, 0.2) is 42.6 Å². The van der Waals surface area contributed by atoms with Crippen LogP contribution in [-0.2, 0) is 32.0 Å². The van der Waals surface area contributed by atoms with Crippen LogP contribution in [0.1, 0.15) is 35.0 Å². The second-order valence-corrected chi connectivity index (χ2v) is 8.85. The smallest absolute Gasteiger partial charge is 0.180 e. The van der Waals surface area contributed by atoms with Gasteiger partial charge in [-0.2, -0.15) is 0 Å². The maximum Gasteiger partial charge on any atom is 0.180 e. The van der Waals surface area contributed by atoms with E-state index in [-0.39, 0.29) is 23.6 Å². The van der Waals surface area contributed by atoms with Crippen molar-refractivity contribution >= 4 is 36.2 Å². The Morgan fingerprint density at radius 3 is 2.93 bits per heavy atom. The quantitative estimate of drug-likeness (QED) is 0.414. The van der Waals surface area contributed by atoms with Gasteiger partial charge in [0.1, 0.15) is 5.82 Å². The first-order chi connectivity index (χ1) is 14.0. The lowest BCUT2D eigenvalue weighted by molar-refractivity contribution is 0.526. The first-order valence-electron chi connectivity index (χ1n) is 9.86. The number of hydrogen-bond acceptors (Lipinski definition) is 3. The highest BCUT2D eigenvalue weighted by Gasteiger charge is 2.63. The summed E-state index contributed by atoms with van der Waals surface area (Å²) in [5.74, 6) is 0.140. The van der Waals surface area contributed by atoms with Crippen molar-refractivity contribution in [1.29, 1.82) is 0 Å². The fraction of sp³-hybridized carbons (Fsp3) is 0.364. The lowest BCUT2D eigenvalue weighted by Crippen LogP contribution is -2.19. The molecule has 1 aromatic carbocycles. The Hall–Kier alpha value is -1.73. The van der Waals surface area contributed by atoms with Gasteiger partial charge in [-0.1, -0.05) is 17.7 Å². The predicted octanol–water partition coefficient (Wildman–Crippen LogP) is 4.94. The summed E-state index contributed by atoms with van der Waals surface area (Å²) in [6.07, 6.45) is 3.64. The van der Waals surface area contributed by atoms with E-state index in [2.05, 4.69) is 19.4 Å². The summed E-state index contributed by atoms with van der Waals surface area (Å²) < 4.78 is 19.7. The fourth-order valence-corrected chi connectivity index (χ4v) is 5.32. The van der Waals surface area contributed by atoms with Crippen LogP contribution in [0.2, 0.25) is 5.02 Å². The number of imidazole rings is 1. The Labute approximate surface area is 191 Å². The van der Waals surface area contributed by atoms with Crippen LogP contribution in [0.25, 0.3) is 0 Å². The first kappa shape index (κ1) is 21.5. The molecule has 2 atom stereocenters. The summed E-state index contributed by atoms with van der Waals surface area (Å²) in [6.45, 7) is 2.31. The van der Waals surface area contributed by atoms with Crippen LogP contribution in [0.5, 0.6) is 0 Å². The molecule has 3 heterocycles. The molecule has 4 nitrogen and oxygen atoms in total. The number of nitrogens with one attached hydrogen (secondary N) is 1. The highest BCUT2D eigenvalue weighted by Crippen LogP contribution is 2.66. The van der Waals surface area contributed by atoms with E-state index in [0.29, 0.717) is 10.9 Å². The number of rotatable bonds is 6. The average Bonchev–Trinajstić information content (AvgIpc) is 3.28. The van der Waals surface area contributed by atoms with E-state index < -0.39 is 0 Å². The van der Waals surface area contributed by atoms with E-state index in [4.69, 9.17) is 23.8 Å². The van der Waals surface area contributed by atoms with Crippen molar-refractivity contribution in [2.24, 2.45) is 7.05 Å². The zero-order valence-electron chi connectivity index (χ0n) is 16.6. The Bertz CT molecular complexity index is 1140. The molecule has 0 unspecified atom stereocenters. The van der Waals surface area contributed by atoms with Crippen LogP contribution in [0, 0.1) is 10.6 Å². The molecule has 0 saturated heterocycles. The third-order valence-corrected chi connectivity index (χ3v) is 7.12. The van der Waals surface area contributed by atoms with Crippen molar-refractivity contribution in [3.05, 3.63) is 80.9 Å². The minimum atomic E-state index is -0.192. The van der Waals surface area contributed by atoms with Crippen molar-refractivity contribution in [3.8, 4) is 0 Å². The number of pyridine rings is 1. The van der Waals surface area contributed by atoms with Crippen LogP contribution in [0.4, 0.5) is 4.39 Å². The monoisotopic (exact) mass is 464 g/mol. The third kappa shape index (κ3) is 3.40.